The van der Waals surface area contributed by atoms with Crippen molar-refractivity contribution >= 4 is 34.7 Å². The molecule has 0 aliphatic carbocycles. The molecule has 0 bridgehead atoms. The summed E-state index contributed by atoms with van der Waals surface area (Å²) in [4.78, 5) is 33.9. The van der Waals surface area contributed by atoms with Crippen LogP contribution >= 0.6 is 12.2 Å². The highest BCUT2D eigenvalue weighted by atomic mass is 32.1. The molecule has 1 saturated heterocycles. The predicted molar refractivity (Wildman–Crippen MR) is 124 cm³/mol. The highest BCUT2D eigenvalue weighted by Gasteiger charge is 2.38. The highest BCUT2D eigenvalue weighted by molar-refractivity contribution is 7.71. The molecule has 0 atom stereocenters. The van der Waals surface area contributed by atoms with E-state index in [1.165, 1.54) is 23.7 Å². The number of aromatic amines is 1. The van der Waals surface area contributed by atoms with Gasteiger partial charge < -0.3 is 15.2 Å². The number of rotatable bonds is 4. The van der Waals surface area contributed by atoms with Gasteiger partial charge in [-0.15, -0.1) is 0 Å². The van der Waals surface area contributed by atoms with Gasteiger partial charge in [0.1, 0.15) is 10.3 Å². The Morgan fingerprint density at radius 3 is 2.53 bits per heavy atom. The van der Waals surface area contributed by atoms with Crippen LogP contribution in [0.15, 0.2) is 35.1 Å². The van der Waals surface area contributed by atoms with Crippen LogP contribution in [-0.4, -0.2) is 58.6 Å². The van der Waals surface area contributed by atoms with Crippen molar-refractivity contribution < 1.29 is 18.0 Å². The molecule has 8 nitrogen and oxygen atoms in total. The number of pyridine rings is 1. The van der Waals surface area contributed by atoms with Crippen molar-refractivity contribution in [3.8, 4) is 0 Å². The van der Waals surface area contributed by atoms with Crippen molar-refractivity contribution in [1.29, 1.82) is 0 Å². The number of alkyl halides is 3. The van der Waals surface area contributed by atoms with Gasteiger partial charge in [-0.3, -0.25) is 14.3 Å². The van der Waals surface area contributed by atoms with Crippen LogP contribution in [-0.2, 0) is 19.8 Å². The van der Waals surface area contributed by atoms with E-state index in [0.29, 0.717) is 42.9 Å². The molecular formula is C22H23F3N6O2S. The second-order valence-corrected chi connectivity index (χ2v) is 8.47. The fourth-order valence-corrected chi connectivity index (χ4v) is 4.29. The normalized spacial score (nSPS) is 15.0. The molecule has 0 saturated carbocycles. The lowest BCUT2D eigenvalue weighted by Crippen LogP contribution is -2.46. The number of nitrogens with zero attached hydrogens (tertiary/aromatic N) is 4. The van der Waals surface area contributed by atoms with Crippen LogP contribution in [0.2, 0.25) is 0 Å². The third kappa shape index (κ3) is 4.68. The standard InChI is InChI=1S/C22H23F3N6O2S/c1-26-19(32)15-5-6-17(18(27-15)22(23,24)25)31-9-7-30(8-10-31)12-13-3-4-14-16(11-13)28-21(33)29(2)20(14)34/h3-6,11H,7-10,12H2,1-2H3,(H,26,32)(H,28,33). The SMILES string of the molecule is CNC(=O)c1ccc(N2CCN(Cc3ccc4c(=S)n(C)c(=O)[nH]c4c3)CC2)c(C(F)(F)F)n1. The maximum atomic E-state index is 13.7. The molecular weight excluding hydrogens is 469 g/mol. The quantitative estimate of drug-likeness (QED) is 0.545. The summed E-state index contributed by atoms with van der Waals surface area (Å²) in [7, 11) is 2.95. The van der Waals surface area contributed by atoms with Crippen LogP contribution in [0, 0.1) is 4.64 Å². The van der Waals surface area contributed by atoms with E-state index in [-0.39, 0.29) is 17.1 Å². The summed E-state index contributed by atoms with van der Waals surface area (Å²) in [5.74, 6) is -0.671. The molecule has 1 aliphatic rings. The number of carbonyl (C=O) groups is 1. The third-order valence-electron chi connectivity index (χ3n) is 5.89. The van der Waals surface area contributed by atoms with Gasteiger partial charge in [0.25, 0.3) is 5.91 Å². The number of hydrogen-bond donors (Lipinski definition) is 2. The molecule has 4 rings (SSSR count). The van der Waals surface area contributed by atoms with Gasteiger partial charge in [0.15, 0.2) is 5.69 Å². The summed E-state index contributed by atoms with van der Waals surface area (Å²) in [5, 5.41) is 3.07. The van der Waals surface area contributed by atoms with E-state index in [4.69, 9.17) is 12.2 Å². The zero-order valence-electron chi connectivity index (χ0n) is 18.6. The number of anilines is 1. The topological polar surface area (TPSA) is 86.3 Å². The summed E-state index contributed by atoms with van der Waals surface area (Å²) in [6.45, 7) is 2.42. The van der Waals surface area contributed by atoms with Crippen molar-refractivity contribution in [2.45, 2.75) is 12.7 Å². The van der Waals surface area contributed by atoms with Crippen molar-refractivity contribution in [3.63, 3.8) is 0 Å². The fourth-order valence-electron chi connectivity index (χ4n) is 4.03. The first-order valence-corrected chi connectivity index (χ1v) is 11.0. The number of carbonyl (C=O) groups excluding carboxylic acids is 1. The Bertz CT molecular complexity index is 1360. The minimum absolute atomic E-state index is 0.0334. The lowest BCUT2D eigenvalue weighted by atomic mass is 10.1. The summed E-state index contributed by atoms with van der Waals surface area (Å²) in [6.07, 6.45) is -4.68. The summed E-state index contributed by atoms with van der Waals surface area (Å²) < 4.78 is 42.8. The maximum absolute atomic E-state index is 13.7. The summed E-state index contributed by atoms with van der Waals surface area (Å²) in [5.41, 5.74) is -0.0433. The van der Waals surface area contributed by atoms with Gasteiger partial charge in [0.05, 0.1) is 11.2 Å². The molecule has 1 aliphatic heterocycles. The molecule has 0 spiro atoms. The van der Waals surface area contributed by atoms with Crippen LogP contribution in [0.1, 0.15) is 21.7 Å². The zero-order valence-corrected chi connectivity index (χ0v) is 19.4. The molecule has 2 aromatic heterocycles. The largest absolute Gasteiger partial charge is 0.435 e. The van der Waals surface area contributed by atoms with E-state index in [2.05, 4.69) is 20.2 Å². The number of fused-ring (bicyclic) bond motifs is 1. The first kappa shape index (κ1) is 23.9. The first-order chi connectivity index (χ1) is 16.1. The van der Waals surface area contributed by atoms with E-state index >= 15 is 0 Å². The van der Waals surface area contributed by atoms with Crippen LogP contribution in [0.3, 0.4) is 0 Å². The summed E-state index contributed by atoms with van der Waals surface area (Å²) >= 11 is 5.33. The average molecular weight is 493 g/mol. The van der Waals surface area contributed by atoms with E-state index in [1.54, 1.807) is 11.9 Å². The Hall–Kier alpha value is -3.25. The average Bonchev–Trinajstić information content (AvgIpc) is 2.81. The van der Waals surface area contributed by atoms with E-state index < -0.39 is 17.8 Å². The minimum Gasteiger partial charge on any atom is -0.367 e. The first-order valence-electron chi connectivity index (χ1n) is 10.6. The van der Waals surface area contributed by atoms with Crippen molar-refractivity contribution in [1.82, 2.24) is 24.8 Å². The molecule has 0 unspecified atom stereocenters. The molecule has 3 heterocycles. The number of H-pyrrole nitrogens is 1. The molecule has 12 heteroatoms. The number of nitrogens with one attached hydrogen (secondary N) is 2. The highest BCUT2D eigenvalue weighted by Crippen LogP contribution is 2.35. The number of amides is 1. The number of aromatic nitrogens is 3. The minimum atomic E-state index is -4.68. The van der Waals surface area contributed by atoms with Gasteiger partial charge >= 0.3 is 11.9 Å². The number of benzene rings is 1. The van der Waals surface area contributed by atoms with Gasteiger partial charge in [-0.1, -0.05) is 18.3 Å². The van der Waals surface area contributed by atoms with Crippen LogP contribution in [0.25, 0.3) is 10.9 Å². The molecule has 1 amide bonds. The molecule has 0 radical (unpaired) electrons. The van der Waals surface area contributed by atoms with Crippen LogP contribution in [0.5, 0.6) is 0 Å². The third-order valence-corrected chi connectivity index (χ3v) is 6.38. The second-order valence-electron chi connectivity index (χ2n) is 8.08. The second kappa shape index (κ2) is 9.18. The number of halogens is 3. The molecule has 1 aromatic carbocycles. The van der Waals surface area contributed by atoms with Crippen LogP contribution < -0.4 is 15.9 Å². The monoisotopic (exact) mass is 492 g/mol. The number of hydrogen-bond acceptors (Lipinski definition) is 6. The molecule has 1 fully saturated rings. The molecule has 34 heavy (non-hydrogen) atoms. The van der Waals surface area contributed by atoms with E-state index in [9.17, 15) is 22.8 Å². The van der Waals surface area contributed by atoms with Crippen molar-refractivity contribution in [3.05, 3.63) is 62.4 Å². The van der Waals surface area contributed by atoms with Gasteiger partial charge in [-0.05, 0) is 29.8 Å². The Labute approximate surface area is 198 Å². The van der Waals surface area contributed by atoms with Crippen molar-refractivity contribution in [2.75, 3.05) is 38.1 Å². The van der Waals surface area contributed by atoms with Crippen LogP contribution in [0.4, 0.5) is 18.9 Å². The van der Waals surface area contributed by atoms with Gasteiger partial charge in [-0.25, -0.2) is 9.78 Å². The lowest BCUT2D eigenvalue weighted by Gasteiger charge is -2.37. The smallest absolute Gasteiger partial charge is 0.367 e. The Morgan fingerprint density at radius 1 is 1.18 bits per heavy atom. The molecule has 180 valence electrons. The van der Waals surface area contributed by atoms with E-state index in [1.807, 2.05) is 18.2 Å². The van der Waals surface area contributed by atoms with E-state index in [0.717, 1.165) is 10.9 Å². The Morgan fingerprint density at radius 2 is 1.88 bits per heavy atom. The van der Waals surface area contributed by atoms with Crippen molar-refractivity contribution in [2.24, 2.45) is 7.05 Å². The maximum Gasteiger partial charge on any atom is 0.435 e. The Balaban J connectivity index is 1.50. The van der Waals surface area contributed by atoms with Gasteiger partial charge in [0.2, 0.25) is 0 Å². The lowest BCUT2D eigenvalue weighted by molar-refractivity contribution is -0.140. The molecule has 2 N–H and O–H groups in total. The number of piperazine rings is 1. The van der Waals surface area contributed by atoms with Gasteiger partial charge in [0, 0.05) is 52.2 Å². The predicted octanol–water partition coefficient (Wildman–Crippen LogP) is 2.69. The zero-order chi connectivity index (χ0) is 24.6. The fraction of sp³-hybridized carbons (Fsp3) is 0.364. The van der Waals surface area contributed by atoms with Gasteiger partial charge in [-0.2, -0.15) is 13.2 Å². The molecule has 3 aromatic rings. The Kier molecular flexibility index (Phi) is 6.45. The summed E-state index contributed by atoms with van der Waals surface area (Å²) in [6, 6.07) is 8.30.